The minimum Gasteiger partial charge on any atom is -0.307 e. The van der Waals surface area contributed by atoms with Gasteiger partial charge in [-0.25, -0.2) is 0 Å². The second kappa shape index (κ2) is 4.66. The lowest BCUT2D eigenvalue weighted by molar-refractivity contribution is 0.689. The lowest BCUT2D eigenvalue weighted by Crippen LogP contribution is -2.28. The smallest absolute Gasteiger partial charge is 0.103 e. The van der Waals surface area contributed by atoms with Crippen LogP contribution in [0.25, 0.3) is 0 Å². The fraction of sp³-hybridized carbons (Fsp3) is 0.400. The standard InChI is InChI=1S/C10H13BrN2S/c11-8-3-1-7(2-4-8)5-9-6-13-10(12)14-9/h1-4,9-10,13H,5-6,12H2. The molecular formula is C10H13BrN2S. The summed E-state index contributed by atoms with van der Waals surface area (Å²) in [4.78, 5) is 0. The lowest BCUT2D eigenvalue weighted by Gasteiger charge is -2.07. The first-order valence-electron chi connectivity index (χ1n) is 4.63. The Hall–Kier alpha value is -0.0300. The molecule has 3 N–H and O–H groups in total. The lowest BCUT2D eigenvalue weighted by atomic mass is 10.1. The normalized spacial score (nSPS) is 26.7. The van der Waals surface area contributed by atoms with E-state index >= 15 is 0 Å². The SMILES string of the molecule is NC1NCC(Cc2ccc(Br)cc2)S1. The van der Waals surface area contributed by atoms with Gasteiger partial charge in [-0.2, -0.15) is 0 Å². The summed E-state index contributed by atoms with van der Waals surface area (Å²) in [6.45, 7) is 1.02. The van der Waals surface area contributed by atoms with Crippen molar-refractivity contribution in [2.24, 2.45) is 5.73 Å². The Morgan fingerprint density at radius 1 is 1.43 bits per heavy atom. The molecule has 2 rings (SSSR count). The molecule has 76 valence electrons. The van der Waals surface area contributed by atoms with Crippen LogP contribution in [0, 0.1) is 0 Å². The highest BCUT2D eigenvalue weighted by Crippen LogP contribution is 2.23. The third-order valence-electron chi connectivity index (χ3n) is 2.26. The molecule has 1 saturated heterocycles. The number of halogens is 1. The van der Waals surface area contributed by atoms with E-state index in [9.17, 15) is 0 Å². The molecule has 0 bridgehead atoms. The quantitative estimate of drug-likeness (QED) is 0.864. The van der Waals surface area contributed by atoms with Gasteiger partial charge in [0, 0.05) is 16.3 Å². The Balaban J connectivity index is 1.94. The average Bonchev–Trinajstić information content (AvgIpc) is 2.56. The second-order valence-corrected chi connectivity index (χ2v) is 5.78. The Kier molecular flexibility index (Phi) is 3.49. The number of hydrogen-bond donors (Lipinski definition) is 2. The molecule has 0 saturated carbocycles. The Morgan fingerprint density at radius 2 is 2.14 bits per heavy atom. The van der Waals surface area contributed by atoms with Gasteiger partial charge < -0.3 is 5.73 Å². The van der Waals surface area contributed by atoms with Crippen LogP contribution >= 0.6 is 27.7 Å². The van der Waals surface area contributed by atoms with Crippen LogP contribution in [0.1, 0.15) is 5.56 Å². The van der Waals surface area contributed by atoms with Gasteiger partial charge in [-0.3, -0.25) is 5.32 Å². The molecule has 1 heterocycles. The molecule has 0 spiro atoms. The van der Waals surface area contributed by atoms with Gasteiger partial charge in [-0.15, -0.1) is 11.8 Å². The number of benzene rings is 1. The van der Waals surface area contributed by atoms with E-state index in [2.05, 4.69) is 45.5 Å². The number of rotatable bonds is 2. The predicted octanol–water partition coefficient (Wildman–Crippen LogP) is 1.94. The molecule has 1 aliphatic rings. The molecule has 1 aliphatic heterocycles. The average molecular weight is 273 g/mol. The van der Waals surface area contributed by atoms with Crippen molar-refractivity contribution in [2.45, 2.75) is 17.2 Å². The summed E-state index contributed by atoms with van der Waals surface area (Å²) >= 11 is 5.25. The van der Waals surface area contributed by atoms with Crippen molar-refractivity contribution < 1.29 is 0 Å². The summed E-state index contributed by atoms with van der Waals surface area (Å²) in [5, 5.41) is 3.85. The van der Waals surface area contributed by atoms with Gasteiger partial charge >= 0.3 is 0 Å². The van der Waals surface area contributed by atoms with E-state index < -0.39 is 0 Å². The molecule has 0 amide bonds. The largest absolute Gasteiger partial charge is 0.307 e. The summed E-state index contributed by atoms with van der Waals surface area (Å²) < 4.78 is 1.13. The maximum Gasteiger partial charge on any atom is 0.103 e. The van der Waals surface area contributed by atoms with Crippen molar-refractivity contribution in [3.63, 3.8) is 0 Å². The maximum atomic E-state index is 5.75. The van der Waals surface area contributed by atoms with Gasteiger partial charge in [0.25, 0.3) is 0 Å². The molecule has 14 heavy (non-hydrogen) atoms. The number of nitrogens with one attached hydrogen (secondary N) is 1. The van der Waals surface area contributed by atoms with Gasteiger partial charge in [0.15, 0.2) is 0 Å². The summed E-state index contributed by atoms with van der Waals surface area (Å²) in [7, 11) is 0. The Labute approximate surface area is 96.8 Å². The van der Waals surface area contributed by atoms with Crippen LogP contribution in [0.4, 0.5) is 0 Å². The van der Waals surface area contributed by atoms with Gasteiger partial charge in [-0.05, 0) is 24.1 Å². The van der Waals surface area contributed by atoms with Gasteiger partial charge in [0.1, 0.15) is 5.50 Å². The molecule has 2 unspecified atom stereocenters. The molecule has 1 fully saturated rings. The first-order chi connectivity index (χ1) is 6.74. The molecule has 0 aromatic heterocycles. The van der Waals surface area contributed by atoms with Crippen molar-refractivity contribution in [1.29, 1.82) is 0 Å². The van der Waals surface area contributed by atoms with E-state index in [0.717, 1.165) is 17.4 Å². The third-order valence-corrected chi connectivity index (χ3v) is 3.97. The van der Waals surface area contributed by atoms with E-state index in [1.807, 2.05) is 11.8 Å². The van der Waals surface area contributed by atoms with Crippen molar-refractivity contribution in [2.75, 3.05) is 6.54 Å². The fourth-order valence-electron chi connectivity index (χ4n) is 1.55. The topological polar surface area (TPSA) is 38.0 Å². The fourth-order valence-corrected chi connectivity index (χ4v) is 2.91. The minimum absolute atomic E-state index is 0.121. The minimum atomic E-state index is 0.121. The van der Waals surface area contributed by atoms with E-state index in [0.29, 0.717) is 5.25 Å². The molecule has 1 aromatic rings. The van der Waals surface area contributed by atoms with Gasteiger partial charge in [0.05, 0.1) is 0 Å². The summed E-state index contributed by atoms with van der Waals surface area (Å²) in [6.07, 6.45) is 1.10. The Morgan fingerprint density at radius 3 is 2.71 bits per heavy atom. The highest BCUT2D eigenvalue weighted by atomic mass is 79.9. The van der Waals surface area contributed by atoms with Crippen molar-refractivity contribution in [1.82, 2.24) is 5.32 Å². The van der Waals surface area contributed by atoms with E-state index in [1.54, 1.807) is 0 Å². The maximum absolute atomic E-state index is 5.75. The van der Waals surface area contributed by atoms with Crippen LogP contribution in [0.3, 0.4) is 0 Å². The summed E-state index contributed by atoms with van der Waals surface area (Å²) in [5.41, 5.74) is 7.24. The van der Waals surface area contributed by atoms with Crippen LogP contribution in [-0.4, -0.2) is 17.3 Å². The number of thioether (sulfide) groups is 1. The van der Waals surface area contributed by atoms with Crippen molar-refractivity contribution >= 4 is 27.7 Å². The molecule has 2 nitrogen and oxygen atoms in total. The predicted molar refractivity (Wildman–Crippen MR) is 65.2 cm³/mol. The molecule has 2 atom stereocenters. The van der Waals surface area contributed by atoms with Crippen LogP contribution < -0.4 is 11.1 Å². The van der Waals surface area contributed by atoms with Crippen LogP contribution in [0.15, 0.2) is 28.7 Å². The highest BCUT2D eigenvalue weighted by Gasteiger charge is 2.21. The Bertz CT molecular complexity index is 301. The van der Waals surface area contributed by atoms with E-state index in [4.69, 9.17) is 5.73 Å². The molecule has 1 aromatic carbocycles. The zero-order chi connectivity index (χ0) is 9.97. The van der Waals surface area contributed by atoms with Gasteiger partial charge in [0.2, 0.25) is 0 Å². The zero-order valence-corrected chi connectivity index (χ0v) is 10.1. The monoisotopic (exact) mass is 272 g/mol. The summed E-state index contributed by atoms with van der Waals surface area (Å²) in [5.74, 6) is 0. The number of nitrogens with two attached hydrogens (primary N) is 1. The first-order valence-corrected chi connectivity index (χ1v) is 6.36. The molecular weight excluding hydrogens is 260 g/mol. The van der Waals surface area contributed by atoms with Crippen molar-refractivity contribution in [3.8, 4) is 0 Å². The van der Waals surface area contributed by atoms with Crippen molar-refractivity contribution in [3.05, 3.63) is 34.3 Å². The highest BCUT2D eigenvalue weighted by molar-refractivity contribution is 9.10. The molecule has 0 radical (unpaired) electrons. The van der Waals surface area contributed by atoms with E-state index in [-0.39, 0.29) is 5.50 Å². The molecule has 4 heteroatoms. The van der Waals surface area contributed by atoms with Crippen LogP contribution in [0.2, 0.25) is 0 Å². The third kappa shape index (κ3) is 2.73. The summed E-state index contributed by atoms with van der Waals surface area (Å²) in [6, 6.07) is 8.49. The zero-order valence-electron chi connectivity index (χ0n) is 7.74. The number of hydrogen-bond acceptors (Lipinski definition) is 3. The van der Waals surface area contributed by atoms with Crippen LogP contribution in [-0.2, 0) is 6.42 Å². The molecule has 0 aliphatic carbocycles. The second-order valence-electron chi connectivity index (χ2n) is 3.42. The first kappa shape index (κ1) is 10.5. The van der Waals surface area contributed by atoms with Gasteiger partial charge in [-0.1, -0.05) is 28.1 Å². The van der Waals surface area contributed by atoms with E-state index in [1.165, 1.54) is 5.56 Å². The van der Waals surface area contributed by atoms with Crippen LogP contribution in [0.5, 0.6) is 0 Å².